The average molecular weight is 344 g/mol. The van der Waals surface area contributed by atoms with Crippen molar-refractivity contribution in [3.05, 3.63) is 58.9 Å². The molecule has 0 bridgehead atoms. The number of benzene rings is 1. The van der Waals surface area contributed by atoms with Crippen LogP contribution < -0.4 is 10.1 Å². The van der Waals surface area contributed by atoms with E-state index in [-0.39, 0.29) is 17.2 Å². The first-order chi connectivity index (χ1) is 12.0. The lowest BCUT2D eigenvalue weighted by Gasteiger charge is -2.09. The Labute approximate surface area is 145 Å². The van der Waals surface area contributed by atoms with E-state index in [1.165, 1.54) is 12.1 Å². The van der Waals surface area contributed by atoms with Crippen molar-refractivity contribution in [3.63, 3.8) is 0 Å². The number of nitrogens with one attached hydrogen (secondary N) is 1. The van der Waals surface area contributed by atoms with Gasteiger partial charge in [0.25, 0.3) is 5.91 Å². The van der Waals surface area contributed by atoms with Crippen LogP contribution in [-0.2, 0) is 11.3 Å². The minimum absolute atomic E-state index is 0.0810. The van der Waals surface area contributed by atoms with E-state index in [2.05, 4.69) is 10.3 Å². The van der Waals surface area contributed by atoms with E-state index >= 15 is 0 Å². The largest absolute Gasteiger partial charge is 0.491 e. The number of aromatic nitrogens is 1. The summed E-state index contributed by atoms with van der Waals surface area (Å²) in [7, 11) is 1.61. The third-order valence-corrected chi connectivity index (χ3v) is 3.46. The minimum atomic E-state index is -1.07. The summed E-state index contributed by atoms with van der Waals surface area (Å²) in [5, 5.41) is 11.7. The zero-order chi connectivity index (χ0) is 18.2. The van der Waals surface area contributed by atoms with E-state index in [0.29, 0.717) is 31.2 Å². The summed E-state index contributed by atoms with van der Waals surface area (Å²) in [6, 6.07) is 10.2. The fourth-order valence-electron chi connectivity index (χ4n) is 2.17. The molecule has 0 unspecified atom stereocenters. The Morgan fingerprint density at radius 2 is 2.00 bits per heavy atom. The number of carbonyl (C=O) groups is 2. The third-order valence-electron chi connectivity index (χ3n) is 3.46. The fraction of sp³-hybridized carbons (Fsp3) is 0.278. The number of carboxylic acid groups (broad SMARTS) is 1. The quantitative estimate of drug-likeness (QED) is 0.711. The predicted molar refractivity (Wildman–Crippen MR) is 90.9 cm³/mol. The number of rotatable bonds is 8. The SMILES string of the molecule is COCCOc1cccc(CNC(=O)c2ccc(C(=O)O)c(C)n2)c1. The molecule has 1 heterocycles. The van der Waals surface area contributed by atoms with Crippen molar-refractivity contribution in [2.24, 2.45) is 0 Å². The maximum Gasteiger partial charge on any atom is 0.337 e. The van der Waals surface area contributed by atoms with Crippen LogP contribution in [0.3, 0.4) is 0 Å². The Morgan fingerprint density at radius 3 is 2.68 bits per heavy atom. The molecule has 2 N–H and O–H groups in total. The molecule has 1 aromatic carbocycles. The molecule has 0 atom stereocenters. The lowest BCUT2D eigenvalue weighted by atomic mass is 10.1. The molecule has 0 aliphatic carbocycles. The predicted octanol–water partition coefficient (Wildman–Crippen LogP) is 2.04. The lowest BCUT2D eigenvalue weighted by Crippen LogP contribution is -2.24. The summed E-state index contributed by atoms with van der Waals surface area (Å²) in [5.41, 5.74) is 1.43. The Kier molecular flexibility index (Phi) is 6.47. The summed E-state index contributed by atoms with van der Waals surface area (Å²) in [5.74, 6) is -0.739. The van der Waals surface area contributed by atoms with Gasteiger partial charge in [0.15, 0.2) is 0 Å². The van der Waals surface area contributed by atoms with Crippen LogP contribution in [-0.4, -0.2) is 42.3 Å². The van der Waals surface area contributed by atoms with Crippen molar-refractivity contribution in [2.75, 3.05) is 20.3 Å². The van der Waals surface area contributed by atoms with E-state index in [1.807, 2.05) is 24.3 Å². The molecule has 2 rings (SSSR count). The number of carbonyl (C=O) groups excluding carboxylic acids is 1. The minimum Gasteiger partial charge on any atom is -0.491 e. The highest BCUT2D eigenvalue weighted by Gasteiger charge is 2.13. The Morgan fingerprint density at radius 1 is 1.20 bits per heavy atom. The molecule has 1 amide bonds. The first kappa shape index (κ1) is 18.4. The van der Waals surface area contributed by atoms with Crippen molar-refractivity contribution in [1.29, 1.82) is 0 Å². The fourth-order valence-corrected chi connectivity index (χ4v) is 2.17. The second-order valence-electron chi connectivity index (χ2n) is 5.31. The molecule has 0 aliphatic rings. The summed E-state index contributed by atoms with van der Waals surface area (Å²) >= 11 is 0. The van der Waals surface area contributed by atoms with Gasteiger partial charge < -0.3 is 19.9 Å². The van der Waals surface area contributed by atoms with Crippen LogP contribution >= 0.6 is 0 Å². The monoisotopic (exact) mass is 344 g/mol. The highest BCUT2D eigenvalue weighted by molar-refractivity contribution is 5.94. The molecule has 0 fully saturated rings. The molecule has 2 aromatic rings. The molecule has 1 aromatic heterocycles. The van der Waals surface area contributed by atoms with Gasteiger partial charge in [0.05, 0.1) is 17.9 Å². The van der Waals surface area contributed by atoms with Gasteiger partial charge in [0.2, 0.25) is 0 Å². The Balaban J connectivity index is 1.97. The number of methoxy groups -OCH3 is 1. The molecule has 0 saturated carbocycles. The zero-order valence-corrected chi connectivity index (χ0v) is 14.1. The topological polar surface area (TPSA) is 97.8 Å². The summed E-state index contributed by atoms with van der Waals surface area (Å²) in [4.78, 5) is 27.2. The van der Waals surface area contributed by atoms with Crippen LogP contribution in [0.25, 0.3) is 0 Å². The molecule has 0 spiro atoms. The molecule has 0 saturated heterocycles. The van der Waals surface area contributed by atoms with Crippen molar-refractivity contribution in [1.82, 2.24) is 10.3 Å². The van der Waals surface area contributed by atoms with Crippen LogP contribution in [0.5, 0.6) is 5.75 Å². The standard InChI is InChI=1S/C18H20N2O5/c1-12-15(18(22)23)6-7-16(20-12)17(21)19-11-13-4-3-5-14(10-13)25-9-8-24-2/h3-7,10H,8-9,11H2,1-2H3,(H,19,21)(H,22,23). The lowest BCUT2D eigenvalue weighted by molar-refractivity contribution is 0.0694. The van der Waals surface area contributed by atoms with Crippen molar-refractivity contribution >= 4 is 11.9 Å². The van der Waals surface area contributed by atoms with Crippen LogP contribution in [0, 0.1) is 6.92 Å². The van der Waals surface area contributed by atoms with Gasteiger partial charge in [-0.2, -0.15) is 0 Å². The molecular formula is C18H20N2O5. The molecular weight excluding hydrogens is 324 g/mol. The van der Waals surface area contributed by atoms with Gasteiger partial charge >= 0.3 is 5.97 Å². The molecule has 0 aliphatic heterocycles. The van der Waals surface area contributed by atoms with Gasteiger partial charge in [-0.15, -0.1) is 0 Å². The summed E-state index contributed by atoms with van der Waals surface area (Å²) < 4.78 is 10.5. The number of hydrogen-bond donors (Lipinski definition) is 2. The van der Waals surface area contributed by atoms with Crippen LogP contribution in [0.4, 0.5) is 0 Å². The van der Waals surface area contributed by atoms with Crippen molar-refractivity contribution < 1.29 is 24.2 Å². The van der Waals surface area contributed by atoms with E-state index in [9.17, 15) is 9.59 Å². The average Bonchev–Trinajstić information content (AvgIpc) is 2.60. The van der Waals surface area contributed by atoms with Crippen LogP contribution in [0.15, 0.2) is 36.4 Å². The number of aryl methyl sites for hydroxylation is 1. The van der Waals surface area contributed by atoms with Crippen LogP contribution in [0.1, 0.15) is 32.1 Å². The highest BCUT2D eigenvalue weighted by Crippen LogP contribution is 2.13. The van der Waals surface area contributed by atoms with E-state index < -0.39 is 5.97 Å². The number of aromatic carboxylic acids is 1. The van der Waals surface area contributed by atoms with E-state index in [1.54, 1.807) is 14.0 Å². The van der Waals surface area contributed by atoms with Gasteiger partial charge in [0, 0.05) is 13.7 Å². The first-order valence-corrected chi connectivity index (χ1v) is 7.71. The number of carboxylic acids is 1. The Bertz CT molecular complexity index is 761. The maximum absolute atomic E-state index is 12.2. The number of ether oxygens (including phenoxy) is 2. The normalized spacial score (nSPS) is 10.3. The second-order valence-corrected chi connectivity index (χ2v) is 5.31. The molecule has 7 nitrogen and oxygen atoms in total. The van der Waals surface area contributed by atoms with Gasteiger partial charge in [-0.05, 0) is 36.8 Å². The Hall–Kier alpha value is -2.93. The van der Waals surface area contributed by atoms with Crippen LogP contribution in [0.2, 0.25) is 0 Å². The second kappa shape index (κ2) is 8.79. The summed E-state index contributed by atoms with van der Waals surface area (Å²) in [6.45, 7) is 2.81. The first-order valence-electron chi connectivity index (χ1n) is 7.71. The summed E-state index contributed by atoms with van der Waals surface area (Å²) in [6.07, 6.45) is 0. The zero-order valence-electron chi connectivity index (χ0n) is 14.1. The van der Waals surface area contributed by atoms with Crippen molar-refractivity contribution in [3.8, 4) is 5.75 Å². The number of pyridine rings is 1. The smallest absolute Gasteiger partial charge is 0.337 e. The third kappa shape index (κ3) is 5.29. The molecule has 7 heteroatoms. The van der Waals surface area contributed by atoms with Gasteiger partial charge in [-0.3, -0.25) is 4.79 Å². The van der Waals surface area contributed by atoms with Gasteiger partial charge in [-0.25, -0.2) is 9.78 Å². The number of amides is 1. The van der Waals surface area contributed by atoms with E-state index in [4.69, 9.17) is 14.6 Å². The van der Waals surface area contributed by atoms with Crippen molar-refractivity contribution in [2.45, 2.75) is 13.5 Å². The molecule has 132 valence electrons. The van der Waals surface area contributed by atoms with Gasteiger partial charge in [0.1, 0.15) is 18.1 Å². The number of hydrogen-bond acceptors (Lipinski definition) is 5. The van der Waals surface area contributed by atoms with E-state index in [0.717, 1.165) is 5.56 Å². The molecule has 0 radical (unpaired) electrons. The van der Waals surface area contributed by atoms with Gasteiger partial charge in [-0.1, -0.05) is 12.1 Å². The number of nitrogens with zero attached hydrogens (tertiary/aromatic N) is 1. The molecule has 25 heavy (non-hydrogen) atoms. The highest BCUT2D eigenvalue weighted by atomic mass is 16.5. The maximum atomic E-state index is 12.2.